The van der Waals surface area contributed by atoms with Crippen molar-refractivity contribution in [2.75, 3.05) is 13.1 Å². The molecule has 100 valence electrons. The van der Waals surface area contributed by atoms with Crippen molar-refractivity contribution >= 4 is 0 Å². The summed E-state index contributed by atoms with van der Waals surface area (Å²) in [6, 6.07) is 6.78. The first-order valence-electron chi connectivity index (χ1n) is 6.77. The fourth-order valence-corrected chi connectivity index (χ4v) is 2.82. The standard InChI is InChI=1S/C15H18FN3/c1-11-13(12-6-8-17-9-7-12)10-18-19(11)15-5-3-2-4-14(15)16/h2-5,10,12,17H,6-9H2,1H3. The number of piperidine rings is 1. The molecule has 0 unspecified atom stereocenters. The molecule has 1 N–H and O–H groups in total. The first-order chi connectivity index (χ1) is 9.27. The van der Waals surface area contributed by atoms with Gasteiger partial charge in [-0.25, -0.2) is 9.07 Å². The molecular weight excluding hydrogens is 241 g/mol. The Bertz CT molecular complexity index is 571. The van der Waals surface area contributed by atoms with Crippen LogP contribution in [0.5, 0.6) is 0 Å². The van der Waals surface area contributed by atoms with E-state index in [1.165, 1.54) is 11.6 Å². The second-order valence-electron chi connectivity index (χ2n) is 5.07. The number of benzene rings is 1. The third-order valence-electron chi connectivity index (χ3n) is 3.91. The van der Waals surface area contributed by atoms with Crippen LogP contribution in [0.15, 0.2) is 30.5 Å². The second-order valence-corrected chi connectivity index (χ2v) is 5.07. The van der Waals surface area contributed by atoms with Crippen molar-refractivity contribution in [2.24, 2.45) is 0 Å². The van der Waals surface area contributed by atoms with Gasteiger partial charge in [-0.05, 0) is 56.5 Å². The predicted molar refractivity (Wildman–Crippen MR) is 73.1 cm³/mol. The fourth-order valence-electron chi connectivity index (χ4n) is 2.82. The van der Waals surface area contributed by atoms with Gasteiger partial charge in [0.2, 0.25) is 0 Å². The fraction of sp³-hybridized carbons (Fsp3) is 0.400. The van der Waals surface area contributed by atoms with Crippen molar-refractivity contribution in [3.05, 3.63) is 47.5 Å². The van der Waals surface area contributed by atoms with Crippen molar-refractivity contribution in [1.29, 1.82) is 0 Å². The lowest BCUT2D eigenvalue weighted by atomic mass is 9.91. The molecule has 2 heterocycles. The number of hydrogen-bond acceptors (Lipinski definition) is 2. The molecule has 0 radical (unpaired) electrons. The number of para-hydroxylation sites is 1. The van der Waals surface area contributed by atoms with Gasteiger partial charge in [-0.2, -0.15) is 5.10 Å². The van der Waals surface area contributed by atoms with E-state index in [9.17, 15) is 4.39 Å². The van der Waals surface area contributed by atoms with E-state index in [4.69, 9.17) is 0 Å². The molecule has 0 bridgehead atoms. The van der Waals surface area contributed by atoms with Crippen molar-refractivity contribution in [2.45, 2.75) is 25.7 Å². The zero-order valence-electron chi connectivity index (χ0n) is 11.1. The Balaban J connectivity index is 1.97. The Kier molecular flexibility index (Phi) is 3.34. The van der Waals surface area contributed by atoms with E-state index in [1.54, 1.807) is 16.8 Å². The Morgan fingerprint density at radius 2 is 2.00 bits per heavy atom. The van der Waals surface area contributed by atoms with Gasteiger partial charge >= 0.3 is 0 Å². The summed E-state index contributed by atoms with van der Waals surface area (Å²) in [5.74, 6) is 0.312. The average molecular weight is 259 g/mol. The zero-order chi connectivity index (χ0) is 13.2. The van der Waals surface area contributed by atoms with Gasteiger partial charge in [0.25, 0.3) is 0 Å². The van der Waals surface area contributed by atoms with E-state index >= 15 is 0 Å². The van der Waals surface area contributed by atoms with Crippen LogP contribution >= 0.6 is 0 Å². The molecule has 1 fully saturated rings. The number of hydrogen-bond donors (Lipinski definition) is 1. The largest absolute Gasteiger partial charge is 0.317 e. The van der Waals surface area contributed by atoms with E-state index in [2.05, 4.69) is 10.4 Å². The molecule has 3 nitrogen and oxygen atoms in total. The minimum Gasteiger partial charge on any atom is -0.317 e. The summed E-state index contributed by atoms with van der Waals surface area (Å²) >= 11 is 0. The highest BCUT2D eigenvalue weighted by Crippen LogP contribution is 2.29. The third kappa shape index (κ3) is 2.28. The highest BCUT2D eigenvalue weighted by atomic mass is 19.1. The molecule has 1 aromatic heterocycles. The molecule has 2 aromatic rings. The average Bonchev–Trinajstić information content (AvgIpc) is 2.82. The van der Waals surface area contributed by atoms with Crippen LogP contribution in [-0.4, -0.2) is 22.9 Å². The normalized spacial score (nSPS) is 16.7. The van der Waals surface area contributed by atoms with E-state index in [0.29, 0.717) is 11.6 Å². The van der Waals surface area contributed by atoms with E-state index in [0.717, 1.165) is 31.6 Å². The first kappa shape index (κ1) is 12.4. The summed E-state index contributed by atoms with van der Waals surface area (Å²) in [5, 5.41) is 7.74. The zero-order valence-corrected chi connectivity index (χ0v) is 11.1. The lowest BCUT2D eigenvalue weighted by Gasteiger charge is -2.22. The van der Waals surface area contributed by atoms with E-state index in [-0.39, 0.29) is 5.82 Å². The van der Waals surface area contributed by atoms with Gasteiger partial charge in [-0.1, -0.05) is 12.1 Å². The number of nitrogens with zero attached hydrogens (tertiary/aromatic N) is 2. The first-order valence-corrected chi connectivity index (χ1v) is 6.77. The predicted octanol–water partition coefficient (Wildman–Crippen LogP) is 2.79. The summed E-state index contributed by atoms with van der Waals surface area (Å²) in [6.07, 6.45) is 4.16. The molecule has 1 aliphatic rings. The van der Waals surface area contributed by atoms with Gasteiger partial charge in [0.15, 0.2) is 0 Å². The highest BCUT2D eigenvalue weighted by molar-refractivity contribution is 5.37. The Morgan fingerprint density at radius 1 is 1.26 bits per heavy atom. The van der Waals surface area contributed by atoms with Gasteiger partial charge in [-0.15, -0.1) is 0 Å². The van der Waals surface area contributed by atoms with Gasteiger partial charge < -0.3 is 5.32 Å². The van der Waals surface area contributed by atoms with Crippen LogP contribution in [0.25, 0.3) is 5.69 Å². The molecule has 4 heteroatoms. The second kappa shape index (κ2) is 5.13. The molecule has 3 rings (SSSR count). The maximum Gasteiger partial charge on any atom is 0.148 e. The summed E-state index contributed by atoms with van der Waals surface area (Å²) in [5.41, 5.74) is 2.84. The maximum absolute atomic E-state index is 13.8. The minimum atomic E-state index is -0.231. The van der Waals surface area contributed by atoms with Crippen LogP contribution in [0, 0.1) is 12.7 Å². The van der Waals surface area contributed by atoms with Crippen molar-refractivity contribution in [1.82, 2.24) is 15.1 Å². The third-order valence-corrected chi connectivity index (χ3v) is 3.91. The minimum absolute atomic E-state index is 0.231. The van der Waals surface area contributed by atoms with Crippen LogP contribution < -0.4 is 5.32 Å². The SMILES string of the molecule is Cc1c(C2CCNCC2)cnn1-c1ccccc1F. The number of aromatic nitrogens is 2. The van der Waals surface area contributed by atoms with Crippen LogP contribution in [0.4, 0.5) is 4.39 Å². The van der Waals surface area contributed by atoms with Gasteiger partial charge in [0.05, 0.1) is 6.20 Å². The van der Waals surface area contributed by atoms with Gasteiger partial charge in [0.1, 0.15) is 11.5 Å². The highest BCUT2D eigenvalue weighted by Gasteiger charge is 2.20. The Hall–Kier alpha value is -1.68. The van der Waals surface area contributed by atoms with E-state index in [1.807, 2.05) is 19.2 Å². The van der Waals surface area contributed by atoms with Gasteiger partial charge in [-0.3, -0.25) is 0 Å². The van der Waals surface area contributed by atoms with E-state index < -0.39 is 0 Å². The molecule has 0 atom stereocenters. The van der Waals surface area contributed by atoms with Crippen LogP contribution in [0.3, 0.4) is 0 Å². The lowest BCUT2D eigenvalue weighted by Crippen LogP contribution is -2.26. The summed E-state index contributed by atoms with van der Waals surface area (Å²) in [4.78, 5) is 0. The van der Waals surface area contributed by atoms with Crippen LogP contribution in [-0.2, 0) is 0 Å². The molecule has 19 heavy (non-hydrogen) atoms. The number of rotatable bonds is 2. The Labute approximate surface area is 112 Å². The number of halogens is 1. The smallest absolute Gasteiger partial charge is 0.148 e. The molecule has 0 amide bonds. The van der Waals surface area contributed by atoms with Crippen molar-refractivity contribution in [3.8, 4) is 5.69 Å². The molecule has 1 saturated heterocycles. The summed E-state index contributed by atoms with van der Waals surface area (Å²) < 4.78 is 15.6. The van der Waals surface area contributed by atoms with Crippen LogP contribution in [0.1, 0.15) is 30.0 Å². The molecular formula is C15H18FN3. The molecule has 1 aromatic carbocycles. The maximum atomic E-state index is 13.8. The monoisotopic (exact) mass is 259 g/mol. The summed E-state index contributed by atoms with van der Waals surface area (Å²) in [6.45, 7) is 4.13. The van der Waals surface area contributed by atoms with Crippen LogP contribution in [0.2, 0.25) is 0 Å². The molecule has 0 spiro atoms. The molecule has 1 aliphatic heterocycles. The Morgan fingerprint density at radius 3 is 2.74 bits per heavy atom. The quantitative estimate of drug-likeness (QED) is 0.898. The lowest BCUT2D eigenvalue weighted by molar-refractivity contribution is 0.459. The van der Waals surface area contributed by atoms with Crippen molar-refractivity contribution in [3.63, 3.8) is 0 Å². The summed E-state index contributed by atoms with van der Waals surface area (Å²) in [7, 11) is 0. The topological polar surface area (TPSA) is 29.9 Å². The molecule has 0 saturated carbocycles. The molecule has 0 aliphatic carbocycles. The van der Waals surface area contributed by atoms with Crippen molar-refractivity contribution < 1.29 is 4.39 Å². The number of nitrogens with one attached hydrogen (secondary N) is 1. The van der Waals surface area contributed by atoms with Gasteiger partial charge in [0, 0.05) is 5.69 Å².